The summed E-state index contributed by atoms with van der Waals surface area (Å²) < 4.78 is 1.28. The Hall–Kier alpha value is -3.03. The van der Waals surface area contributed by atoms with Crippen LogP contribution in [0.1, 0.15) is 28.2 Å². The number of nitrogens with zero attached hydrogens (tertiary/aromatic N) is 4. The second-order valence-corrected chi connectivity index (χ2v) is 5.31. The van der Waals surface area contributed by atoms with Gasteiger partial charge < -0.3 is 10.7 Å². The highest BCUT2D eigenvalue weighted by atomic mass is 16.2. The number of aromatic nitrogens is 5. The standard InChI is InChI=1S/C15H16N6O2/c1-8-10(9(2)19-15(23)18-8)3-4-13(22)21-12-7-17-6-5-11(12)14(16)20-21/h5-7H,3-4H2,1-2H3,(H2,16,20)(H,18,19,23). The van der Waals surface area contributed by atoms with Crippen LogP contribution in [0.4, 0.5) is 5.82 Å². The smallest absolute Gasteiger partial charge is 0.345 e. The fourth-order valence-corrected chi connectivity index (χ4v) is 2.64. The van der Waals surface area contributed by atoms with Gasteiger partial charge in [-0.25, -0.2) is 4.79 Å². The van der Waals surface area contributed by atoms with Crippen molar-refractivity contribution in [1.29, 1.82) is 0 Å². The van der Waals surface area contributed by atoms with Crippen LogP contribution in [0, 0.1) is 13.8 Å². The summed E-state index contributed by atoms with van der Waals surface area (Å²) in [6, 6.07) is 1.72. The van der Waals surface area contributed by atoms with E-state index in [0.29, 0.717) is 28.8 Å². The molecule has 0 amide bonds. The Morgan fingerprint density at radius 2 is 2.17 bits per heavy atom. The third kappa shape index (κ3) is 2.70. The number of pyridine rings is 1. The summed E-state index contributed by atoms with van der Waals surface area (Å²) in [6.45, 7) is 3.55. The summed E-state index contributed by atoms with van der Waals surface area (Å²) in [5, 5.41) is 4.79. The van der Waals surface area contributed by atoms with Crippen LogP contribution in [-0.2, 0) is 6.42 Å². The molecule has 118 valence electrons. The fourth-order valence-electron chi connectivity index (χ4n) is 2.64. The highest BCUT2D eigenvalue weighted by molar-refractivity contribution is 5.96. The van der Waals surface area contributed by atoms with Gasteiger partial charge in [-0.15, -0.1) is 5.10 Å². The summed E-state index contributed by atoms with van der Waals surface area (Å²) in [6.07, 6.45) is 3.85. The molecule has 0 atom stereocenters. The van der Waals surface area contributed by atoms with E-state index in [-0.39, 0.29) is 18.0 Å². The number of anilines is 1. The molecular weight excluding hydrogens is 296 g/mol. The Bertz CT molecular complexity index is 930. The summed E-state index contributed by atoms with van der Waals surface area (Å²) in [4.78, 5) is 34.3. The summed E-state index contributed by atoms with van der Waals surface area (Å²) >= 11 is 0. The average molecular weight is 312 g/mol. The highest BCUT2D eigenvalue weighted by Crippen LogP contribution is 2.19. The van der Waals surface area contributed by atoms with Crippen LogP contribution in [0.5, 0.6) is 0 Å². The van der Waals surface area contributed by atoms with Crippen molar-refractivity contribution in [2.45, 2.75) is 26.7 Å². The van der Waals surface area contributed by atoms with E-state index in [9.17, 15) is 9.59 Å². The van der Waals surface area contributed by atoms with Crippen LogP contribution < -0.4 is 11.4 Å². The quantitative estimate of drug-likeness (QED) is 0.744. The van der Waals surface area contributed by atoms with Crippen molar-refractivity contribution < 1.29 is 4.79 Å². The second kappa shape index (κ2) is 5.64. The number of hydrogen-bond donors (Lipinski definition) is 2. The van der Waals surface area contributed by atoms with Crippen LogP contribution in [-0.4, -0.2) is 30.6 Å². The van der Waals surface area contributed by atoms with E-state index >= 15 is 0 Å². The third-order valence-corrected chi connectivity index (χ3v) is 3.79. The predicted molar refractivity (Wildman–Crippen MR) is 85.2 cm³/mol. The zero-order valence-corrected chi connectivity index (χ0v) is 12.8. The molecule has 0 unspecified atom stereocenters. The van der Waals surface area contributed by atoms with E-state index in [1.165, 1.54) is 4.68 Å². The molecule has 8 nitrogen and oxygen atoms in total. The number of rotatable bonds is 3. The van der Waals surface area contributed by atoms with Crippen molar-refractivity contribution in [3.63, 3.8) is 0 Å². The molecular formula is C15H16N6O2. The number of aryl methyl sites for hydroxylation is 2. The molecule has 3 aromatic heterocycles. The Morgan fingerprint density at radius 3 is 2.91 bits per heavy atom. The van der Waals surface area contributed by atoms with Crippen molar-refractivity contribution in [3.8, 4) is 0 Å². The van der Waals surface area contributed by atoms with Crippen LogP contribution in [0.25, 0.3) is 10.9 Å². The molecule has 0 aliphatic rings. The predicted octanol–water partition coefficient (Wildman–Crippen LogP) is 0.987. The van der Waals surface area contributed by atoms with Gasteiger partial charge in [-0.05, 0) is 31.9 Å². The first-order chi connectivity index (χ1) is 11.0. The Balaban J connectivity index is 1.86. The number of carbonyl (C=O) groups excluding carboxylic acids is 1. The van der Waals surface area contributed by atoms with Crippen molar-refractivity contribution in [2.75, 3.05) is 5.73 Å². The number of H-pyrrole nitrogens is 1. The van der Waals surface area contributed by atoms with Gasteiger partial charge in [0.25, 0.3) is 0 Å². The van der Waals surface area contributed by atoms with E-state index < -0.39 is 0 Å². The summed E-state index contributed by atoms with van der Waals surface area (Å²) in [7, 11) is 0. The van der Waals surface area contributed by atoms with Gasteiger partial charge in [-0.2, -0.15) is 9.67 Å². The Kier molecular flexibility index (Phi) is 3.65. The van der Waals surface area contributed by atoms with Crippen LogP contribution in [0.15, 0.2) is 23.3 Å². The van der Waals surface area contributed by atoms with Gasteiger partial charge in [0.05, 0.1) is 11.7 Å². The molecule has 3 heterocycles. The number of carbonyl (C=O) groups is 1. The van der Waals surface area contributed by atoms with Crippen LogP contribution >= 0.6 is 0 Å². The van der Waals surface area contributed by atoms with Gasteiger partial charge in [0.15, 0.2) is 5.82 Å². The second-order valence-electron chi connectivity index (χ2n) is 5.31. The van der Waals surface area contributed by atoms with Gasteiger partial charge in [0.2, 0.25) is 5.91 Å². The molecule has 23 heavy (non-hydrogen) atoms. The van der Waals surface area contributed by atoms with Gasteiger partial charge in [0.1, 0.15) is 0 Å². The SMILES string of the molecule is Cc1nc(=O)[nH]c(C)c1CCC(=O)n1nc(N)c2ccncc21. The molecule has 0 aliphatic carbocycles. The number of hydrogen-bond acceptors (Lipinski definition) is 6. The number of nitrogens with one attached hydrogen (secondary N) is 1. The lowest BCUT2D eigenvalue weighted by molar-refractivity contribution is 0.0893. The maximum Gasteiger partial charge on any atom is 0.345 e. The fraction of sp³-hybridized carbons (Fsp3) is 0.267. The largest absolute Gasteiger partial charge is 0.382 e. The van der Waals surface area contributed by atoms with Gasteiger partial charge >= 0.3 is 5.69 Å². The minimum atomic E-state index is -0.382. The summed E-state index contributed by atoms with van der Waals surface area (Å²) in [5.74, 6) is 0.110. The van der Waals surface area contributed by atoms with E-state index in [1.54, 1.807) is 32.3 Å². The van der Waals surface area contributed by atoms with Gasteiger partial charge in [-0.1, -0.05) is 0 Å². The van der Waals surface area contributed by atoms with Crippen LogP contribution in [0.2, 0.25) is 0 Å². The Morgan fingerprint density at radius 1 is 1.39 bits per heavy atom. The first-order valence-electron chi connectivity index (χ1n) is 7.15. The van der Waals surface area contributed by atoms with Crippen molar-refractivity contribution in [1.82, 2.24) is 24.7 Å². The molecule has 8 heteroatoms. The van der Waals surface area contributed by atoms with Gasteiger partial charge in [-0.3, -0.25) is 9.78 Å². The minimum Gasteiger partial charge on any atom is -0.382 e. The zero-order valence-electron chi connectivity index (χ0n) is 12.8. The lowest BCUT2D eigenvalue weighted by Crippen LogP contribution is -2.18. The number of fused-ring (bicyclic) bond motifs is 1. The molecule has 0 bridgehead atoms. The molecule has 3 rings (SSSR count). The normalized spacial score (nSPS) is 11.0. The van der Waals surface area contributed by atoms with Crippen LogP contribution in [0.3, 0.4) is 0 Å². The average Bonchev–Trinajstić information content (AvgIpc) is 2.84. The number of aromatic amines is 1. The van der Waals surface area contributed by atoms with Crippen molar-refractivity contribution in [2.24, 2.45) is 0 Å². The minimum absolute atomic E-state index is 0.190. The lowest BCUT2D eigenvalue weighted by atomic mass is 10.1. The van der Waals surface area contributed by atoms with E-state index in [0.717, 1.165) is 11.3 Å². The number of nitrogen functional groups attached to an aromatic ring is 1. The topological polar surface area (TPSA) is 120 Å². The van der Waals surface area contributed by atoms with Crippen molar-refractivity contribution in [3.05, 3.63) is 45.9 Å². The maximum absolute atomic E-state index is 12.5. The highest BCUT2D eigenvalue weighted by Gasteiger charge is 2.15. The maximum atomic E-state index is 12.5. The molecule has 0 saturated heterocycles. The molecule has 0 aromatic carbocycles. The zero-order chi connectivity index (χ0) is 16.6. The number of nitrogens with two attached hydrogens (primary N) is 1. The van der Waals surface area contributed by atoms with Gasteiger partial charge in [0, 0.05) is 29.4 Å². The first kappa shape index (κ1) is 14.9. The molecule has 0 radical (unpaired) electrons. The molecule has 0 aliphatic heterocycles. The molecule has 3 N–H and O–H groups in total. The molecule has 0 fully saturated rings. The van der Waals surface area contributed by atoms with E-state index in [4.69, 9.17) is 5.73 Å². The summed E-state index contributed by atoms with van der Waals surface area (Å²) in [5.41, 5.74) is 8.24. The van der Waals surface area contributed by atoms with E-state index in [1.807, 2.05) is 0 Å². The monoisotopic (exact) mass is 312 g/mol. The molecule has 0 spiro atoms. The first-order valence-corrected chi connectivity index (χ1v) is 7.15. The molecule has 0 saturated carbocycles. The van der Waals surface area contributed by atoms with Crippen molar-refractivity contribution >= 4 is 22.6 Å². The molecule has 3 aromatic rings. The lowest BCUT2D eigenvalue weighted by Gasteiger charge is -2.08. The van der Waals surface area contributed by atoms with E-state index in [2.05, 4.69) is 20.1 Å². The Labute approximate surface area is 131 Å². The third-order valence-electron chi connectivity index (χ3n) is 3.79.